The molecule has 0 aliphatic carbocycles. The molecule has 2 aromatic heterocycles. The molecule has 0 fully saturated rings. The fourth-order valence-corrected chi connectivity index (χ4v) is 2.78. The second-order valence-electron chi connectivity index (χ2n) is 5.65. The molecule has 1 aromatic carbocycles. The van der Waals surface area contributed by atoms with E-state index in [9.17, 15) is 0 Å². The molecular formula is C17H20N4. The summed E-state index contributed by atoms with van der Waals surface area (Å²) in [6, 6.07) is 8.73. The van der Waals surface area contributed by atoms with Gasteiger partial charge in [0.15, 0.2) is 5.65 Å². The van der Waals surface area contributed by atoms with Gasteiger partial charge in [0.1, 0.15) is 0 Å². The van der Waals surface area contributed by atoms with Crippen molar-refractivity contribution in [2.75, 3.05) is 5.32 Å². The highest BCUT2D eigenvalue weighted by Gasteiger charge is 2.07. The molecular weight excluding hydrogens is 260 g/mol. The minimum Gasteiger partial charge on any atom is -0.380 e. The van der Waals surface area contributed by atoms with Gasteiger partial charge in [0.2, 0.25) is 0 Å². The van der Waals surface area contributed by atoms with Crippen molar-refractivity contribution in [3.63, 3.8) is 0 Å². The molecule has 0 amide bonds. The van der Waals surface area contributed by atoms with Crippen LogP contribution in [0.25, 0.3) is 11.0 Å². The Morgan fingerprint density at radius 3 is 2.48 bits per heavy atom. The summed E-state index contributed by atoms with van der Waals surface area (Å²) < 4.78 is 1.82. The lowest BCUT2D eigenvalue weighted by Gasteiger charge is -2.08. The van der Waals surface area contributed by atoms with Crippen LogP contribution in [0, 0.1) is 20.8 Å². The molecule has 0 aliphatic heterocycles. The summed E-state index contributed by atoms with van der Waals surface area (Å²) in [5.74, 6) is 0. The van der Waals surface area contributed by atoms with Crippen LogP contribution in [-0.2, 0) is 13.6 Å². The third-order valence-corrected chi connectivity index (χ3v) is 3.64. The standard InChI is InChI=1S/C17H20N4/c1-11-5-12(2)7-14(6-11)9-18-15-8-16-13(3)20-21(4)17(16)19-10-15/h5-8,10,18H,9H2,1-4H3. The number of fused-ring (bicyclic) bond motifs is 1. The van der Waals surface area contributed by atoms with Crippen LogP contribution in [0.15, 0.2) is 30.5 Å². The monoisotopic (exact) mass is 280 g/mol. The maximum Gasteiger partial charge on any atom is 0.157 e. The zero-order valence-electron chi connectivity index (χ0n) is 12.9. The van der Waals surface area contributed by atoms with Crippen LogP contribution in [0.1, 0.15) is 22.4 Å². The van der Waals surface area contributed by atoms with Crippen LogP contribution in [-0.4, -0.2) is 14.8 Å². The molecule has 4 heteroatoms. The van der Waals surface area contributed by atoms with Crippen LogP contribution in [0.3, 0.4) is 0 Å². The highest BCUT2D eigenvalue weighted by Crippen LogP contribution is 2.20. The van der Waals surface area contributed by atoms with Crippen LogP contribution in [0.2, 0.25) is 0 Å². The average Bonchev–Trinajstić information content (AvgIpc) is 2.70. The summed E-state index contributed by atoms with van der Waals surface area (Å²) in [5, 5.41) is 8.94. The second kappa shape index (κ2) is 5.20. The van der Waals surface area contributed by atoms with Crippen molar-refractivity contribution >= 4 is 16.7 Å². The molecule has 1 N–H and O–H groups in total. The zero-order valence-corrected chi connectivity index (χ0v) is 12.9. The van der Waals surface area contributed by atoms with Gasteiger partial charge in [0.05, 0.1) is 17.6 Å². The Kier molecular flexibility index (Phi) is 3.37. The predicted molar refractivity (Wildman–Crippen MR) is 86.5 cm³/mol. The largest absolute Gasteiger partial charge is 0.380 e. The van der Waals surface area contributed by atoms with Gasteiger partial charge in [-0.25, -0.2) is 4.98 Å². The van der Waals surface area contributed by atoms with Gasteiger partial charge in [0, 0.05) is 19.0 Å². The molecule has 3 aromatic rings. The average molecular weight is 280 g/mol. The van der Waals surface area contributed by atoms with Crippen LogP contribution < -0.4 is 5.32 Å². The number of nitrogens with zero attached hydrogens (tertiary/aromatic N) is 3. The Balaban J connectivity index is 1.83. The molecule has 0 saturated carbocycles. The van der Waals surface area contributed by atoms with Crippen molar-refractivity contribution in [2.45, 2.75) is 27.3 Å². The minimum atomic E-state index is 0.801. The van der Waals surface area contributed by atoms with E-state index in [1.54, 1.807) is 0 Å². The van der Waals surface area contributed by atoms with E-state index in [1.165, 1.54) is 16.7 Å². The van der Waals surface area contributed by atoms with E-state index in [4.69, 9.17) is 0 Å². The quantitative estimate of drug-likeness (QED) is 0.798. The lowest BCUT2D eigenvalue weighted by molar-refractivity contribution is 0.774. The Hall–Kier alpha value is -2.36. The van der Waals surface area contributed by atoms with Gasteiger partial charge in [-0.15, -0.1) is 0 Å². The van der Waals surface area contributed by atoms with E-state index in [1.807, 2.05) is 24.9 Å². The first-order chi connectivity index (χ1) is 10.0. The van der Waals surface area contributed by atoms with Gasteiger partial charge in [0.25, 0.3) is 0 Å². The summed E-state index contributed by atoms with van der Waals surface area (Å²) in [6.45, 7) is 7.07. The van der Waals surface area contributed by atoms with Gasteiger partial charge < -0.3 is 5.32 Å². The highest BCUT2D eigenvalue weighted by atomic mass is 15.3. The number of aromatic nitrogens is 3. The normalized spacial score (nSPS) is 11.0. The first kappa shape index (κ1) is 13.6. The van der Waals surface area contributed by atoms with Gasteiger partial charge in [-0.05, 0) is 32.4 Å². The van der Waals surface area contributed by atoms with E-state index in [-0.39, 0.29) is 0 Å². The molecule has 108 valence electrons. The number of benzene rings is 1. The Bertz CT molecular complexity index is 782. The SMILES string of the molecule is Cc1cc(C)cc(CNc2cnc3c(c2)c(C)nn3C)c1. The van der Waals surface area contributed by atoms with Gasteiger partial charge >= 0.3 is 0 Å². The predicted octanol–water partition coefficient (Wildman–Crippen LogP) is 3.51. The molecule has 0 saturated heterocycles. The molecule has 0 unspecified atom stereocenters. The zero-order chi connectivity index (χ0) is 15.0. The van der Waals surface area contributed by atoms with Crippen LogP contribution >= 0.6 is 0 Å². The number of hydrogen-bond acceptors (Lipinski definition) is 3. The number of rotatable bonds is 3. The van der Waals surface area contributed by atoms with Crippen molar-refractivity contribution in [2.24, 2.45) is 7.05 Å². The van der Waals surface area contributed by atoms with E-state index >= 15 is 0 Å². The fourth-order valence-electron chi connectivity index (χ4n) is 2.78. The van der Waals surface area contributed by atoms with Crippen molar-refractivity contribution in [1.29, 1.82) is 0 Å². The molecule has 0 aliphatic rings. The summed E-state index contributed by atoms with van der Waals surface area (Å²) in [5.41, 5.74) is 6.83. The third-order valence-electron chi connectivity index (χ3n) is 3.64. The number of pyridine rings is 1. The van der Waals surface area contributed by atoms with Gasteiger partial charge in [-0.3, -0.25) is 4.68 Å². The fraction of sp³-hybridized carbons (Fsp3) is 0.294. The third kappa shape index (κ3) is 2.75. The lowest BCUT2D eigenvalue weighted by Crippen LogP contribution is -2.01. The van der Waals surface area contributed by atoms with Gasteiger partial charge in [-0.1, -0.05) is 29.3 Å². The first-order valence-electron chi connectivity index (χ1n) is 7.13. The first-order valence-corrected chi connectivity index (χ1v) is 7.13. The summed E-state index contributed by atoms with van der Waals surface area (Å²) >= 11 is 0. The number of aryl methyl sites for hydroxylation is 4. The van der Waals surface area contributed by atoms with E-state index in [0.717, 1.165) is 29.0 Å². The van der Waals surface area contributed by atoms with Crippen molar-refractivity contribution in [3.05, 3.63) is 52.8 Å². The van der Waals surface area contributed by atoms with Gasteiger partial charge in [-0.2, -0.15) is 5.10 Å². The summed E-state index contributed by atoms with van der Waals surface area (Å²) in [6.07, 6.45) is 1.87. The molecule has 4 nitrogen and oxygen atoms in total. The molecule has 3 rings (SSSR count). The molecule has 2 heterocycles. The smallest absolute Gasteiger partial charge is 0.157 e. The van der Waals surface area contributed by atoms with Crippen molar-refractivity contribution < 1.29 is 0 Å². The van der Waals surface area contributed by atoms with Crippen molar-refractivity contribution in [3.8, 4) is 0 Å². The minimum absolute atomic E-state index is 0.801. The molecule has 0 spiro atoms. The van der Waals surface area contributed by atoms with Crippen LogP contribution in [0.4, 0.5) is 5.69 Å². The van der Waals surface area contributed by atoms with E-state index in [0.29, 0.717) is 0 Å². The Morgan fingerprint density at radius 2 is 1.76 bits per heavy atom. The Morgan fingerprint density at radius 1 is 1.05 bits per heavy atom. The topological polar surface area (TPSA) is 42.7 Å². The molecule has 21 heavy (non-hydrogen) atoms. The number of nitrogens with one attached hydrogen (secondary N) is 1. The number of anilines is 1. The maximum absolute atomic E-state index is 4.49. The lowest BCUT2D eigenvalue weighted by atomic mass is 10.1. The Labute approximate surface area is 124 Å². The summed E-state index contributed by atoms with van der Waals surface area (Å²) in [4.78, 5) is 4.49. The van der Waals surface area contributed by atoms with E-state index < -0.39 is 0 Å². The maximum atomic E-state index is 4.49. The molecule has 0 radical (unpaired) electrons. The molecule has 0 atom stereocenters. The molecule has 0 bridgehead atoms. The number of hydrogen-bond donors (Lipinski definition) is 1. The van der Waals surface area contributed by atoms with E-state index in [2.05, 4.69) is 53.5 Å². The van der Waals surface area contributed by atoms with Crippen LogP contribution in [0.5, 0.6) is 0 Å². The summed E-state index contributed by atoms with van der Waals surface area (Å²) in [7, 11) is 1.92. The van der Waals surface area contributed by atoms with Crippen molar-refractivity contribution in [1.82, 2.24) is 14.8 Å². The highest BCUT2D eigenvalue weighted by molar-refractivity contribution is 5.81. The second-order valence-corrected chi connectivity index (χ2v) is 5.65.